The molecule has 1 aromatic rings. The summed E-state index contributed by atoms with van der Waals surface area (Å²) in [4.78, 5) is 18.9. The maximum Gasteiger partial charge on any atom is 0.224 e. The van der Waals surface area contributed by atoms with Crippen LogP contribution in [0.5, 0.6) is 0 Å². The summed E-state index contributed by atoms with van der Waals surface area (Å²) in [5.74, 6) is 1.63. The minimum atomic E-state index is -0.293. The molecular weight excluding hydrogens is 351 g/mol. The number of aliphatic imine (C=N–C) groups is 1. The number of nitrogens with one attached hydrogen (secondary N) is 2. The van der Waals surface area contributed by atoms with Crippen molar-refractivity contribution in [3.05, 3.63) is 35.6 Å². The third-order valence-electron chi connectivity index (χ3n) is 4.03. The zero-order chi connectivity index (χ0) is 19.0. The second-order valence-corrected chi connectivity index (χ2v) is 8.72. The molecule has 1 aliphatic rings. The summed E-state index contributed by atoms with van der Waals surface area (Å²) in [6.07, 6.45) is 0.252. The van der Waals surface area contributed by atoms with Crippen LogP contribution in [0.25, 0.3) is 0 Å². The van der Waals surface area contributed by atoms with E-state index in [1.54, 1.807) is 12.1 Å². The average Bonchev–Trinajstić information content (AvgIpc) is 2.59. The second-order valence-electron chi connectivity index (χ2n) is 6.92. The molecule has 1 heterocycles. The van der Waals surface area contributed by atoms with E-state index in [9.17, 15) is 9.18 Å². The fraction of sp³-hybridized carbons (Fsp3) is 0.579. The predicted molar refractivity (Wildman–Crippen MR) is 107 cm³/mol. The minimum Gasteiger partial charge on any atom is -0.357 e. The van der Waals surface area contributed by atoms with E-state index in [1.807, 2.05) is 11.8 Å². The summed E-state index contributed by atoms with van der Waals surface area (Å²) in [5, 5.41) is 6.21. The van der Waals surface area contributed by atoms with E-state index >= 15 is 0 Å². The van der Waals surface area contributed by atoms with Crippen molar-refractivity contribution < 1.29 is 9.18 Å². The number of carbonyl (C=O) groups excluding carboxylic acids is 1. The van der Waals surface area contributed by atoms with Gasteiger partial charge in [0, 0.05) is 36.7 Å². The van der Waals surface area contributed by atoms with Gasteiger partial charge in [0.2, 0.25) is 5.91 Å². The van der Waals surface area contributed by atoms with Gasteiger partial charge in [0.25, 0.3) is 0 Å². The predicted octanol–water partition coefficient (Wildman–Crippen LogP) is 2.28. The van der Waals surface area contributed by atoms with Crippen molar-refractivity contribution in [2.24, 2.45) is 4.99 Å². The molecule has 0 atom stereocenters. The fourth-order valence-corrected chi connectivity index (χ4v) is 3.94. The molecule has 1 fully saturated rings. The third-order valence-corrected chi connectivity index (χ3v) is 5.33. The number of thioether (sulfide) groups is 1. The van der Waals surface area contributed by atoms with Crippen molar-refractivity contribution in [2.45, 2.75) is 31.9 Å². The van der Waals surface area contributed by atoms with Crippen LogP contribution in [0.15, 0.2) is 29.3 Å². The second kappa shape index (κ2) is 9.80. The molecule has 1 amide bonds. The van der Waals surface area contributed by atoms with Crippen LogP contribution in [-0.4, -0.2) is 60.0 Å². The van der Waals surface area contributed by atoms with Crippen LogP contribution in [-0.2, 0) is 11.2 Å². The van der Waals surface area contributed by atoms with Crippen molar-refractivity contribution in [1.29, 1.82) is 0 Å². The van der Waals surface area contributed by atoms with Crippen molar-refractivity contribution in [1.82, 2.24) is 15.5 Å². The van der Waals surface area contributed by atoms with Crippen molar-refractivity contribution in [3.8, 4) is 0 Å². The quantitative estimate of drug-likeness (QED) is 0.452. The topological polar surface area (TPSA) is 56.7 Å². The standard InChI is InChI=1S/C19H29FN4OS/c1-4-21-18(24-11-12-26-19(2,3)14-24)23-10-9-22-17(25)13-15-5-7-16(20)8-6-15/h5-8H,4,9-14H2,1-3H3,(H,21,23)(H,22,25). The molecule has 5 nitrogen and oxygen atoms in total. The van der Waals surface area contributed by atoms with E-state index in [1.165, 1.54) is 12.1 Å². The Balaban J connectivity index is 1.80. The lowest BCUT2D eigenvalue weighted by Gasteiger charge is -2.39. The molecule has 0 saturated carbocycles. The maximum atomic E-state index is 12.9. The zero-order valence-electron chi connectivity index (χ0n) is 15.8. The van der Waals surface area contributed by atoms with E-state index < -0.39 is 0 Å². The van der Waals surface area contributed by atoms with Gasteiger partial charge in [0.15, 0.2) is 5.96 Å². The Bertz CT molecular complexity index is 618. The van der Waals surface area contributed by atoms with Gasteiger partial charge in [0.1, 0.15) is 5.82 Å². The molecule has 1 saturated heterocycles. The highest BCUT2D eigenvalue weighted by molar-refractivity contribution is 8.00. The van der Waals surface area contributed by atoms with E-state index in [4.69, 9.17) is 0 Å². The number of halogens is 1. The molecule has 144 valence electrons. The largest absolute Gasteiger partial charge is 0.357 e. The molecular formula is C19H29FN4OS. The van der Waals surface area contributed by atoms with Crippen molar-refractivity contribution in [3.63, 3.8) is 0 Å². The molecule has 26 heavy (non-hydrogen) atoms. The lowest BCUT2D eigenvalue weighted by atomic mass is 10.1. The van der Waals surface area contributed by atoms with Crippen molar-refractivity contribution >= 4 is 23.6 Å². The van der Waals surface area contributed by atoms with Gasteiger partial charge in [-0.15, -0.1) is 0 Å². The number of carbonyl (C=O) groups is 1. The van der Waals surface area contributed by atoms with Crippen LogP contribution in [0.1, 0.15) is 26.3 Å². The highest BCUT2D eigenvalue weighted by Crippen LogP contribution is 2.29. The van der Waals surface area contributed by atoms with Gasteiger partial charge in [-0.3, -0.25) is 9.79 Å². The normalized spacial score (nSPS) is 17.1. The van der Waals surface area contributed by atoms with Crippen LogP contribution in [0, 0.1) is 5.82 Å². The smallest absolute Gasteiger partial charge is 0.224 e. The zero-order valence-corrected chi connectivity index (χ0v) is 16.7. The first-order valence-electron chi connectivity index (χ1n) is 9.08. The van der Waals surface area contributed by atoms with Gasteiger partial charge in [-0.2, -0.15) is 11.8 Å². The van der Waals surface area contributed by atoms with Gasteiger partial charge in [-0.25, -0.2) is 4.39 Å². The summed E-state index contributed by atoms with van der Waals surface area (Å²) < 4.78 is 13.1. The molecule has 0 radical (unpaired) electrons. The number of rotatable bonds is 6. The number of hydrogen-bond acceptors (Lipinski definition) is 3. The summed E-state index contributed by atoms with van der Waals surface area (Å²) >= 11 is 1.99. The minimum absolute atomic E-state index is 0.0766. The molecule has 0 aliphatic carbocycles. The van der Waals surface area contributed by atoms with Gasteiger partial charge in [-0.05, 0) is 38.5 Å². The molecule has 1 aromatic carbocycles. The fourth-order valence-electron chi connectivity index (χ4n) is 2.83. The summed E-state index contributed by atoms with van der Waals surface area (Å²) in [5.41, 5.74) is 0.800. The first-order valence-corrected chi connectivity index (χ1v) is 10.1. The molecule has 7 heteroatoms. The van der Waals surface area contributed by atoms with Crippen LogP contribution in [0.4, 0.5) is 4.39 Å². The van der Waals surface area contributed by atoms with E-state index in [0.29, 0.717) is 13.1 Å². The van der Waals surface area contributed by atoms with Gasteiger partial charge in [-0.1, -0.05) is 12.1 Å². The summed E-state index contributed by atoms with van der Waals surface area (Å²) in [7, 11) is 0. The average molecular weight is 381 g/mol. The molecule has 2 N–H and O–H groups in total. The maximum absolute atomic E-state index is 12.9. The first-order chi connectivity index (χ1) is 12.4. The molecule has 0 unspecified atom stereocenters. The Hall–Kier alpha value is -1.76. The molecule has 0 bridgehead atoms. The summed E-state index contributed by atoms with van der Waals surface area (Å²) in [6, 6.07) is 6.00. The lowest BCUT2D eigenvalue weighted by molar-refractivity contribution is -0.120. The SMILES string of the molecule is CCNC(=NCCNC(=O)Cc1ccc(F)cc1)N1CCSC(C)(C)C1. The number of benzene rings is 1. The molecule has 0 spiro atoms. The number of amides is 1. The Kier molecular flexibility index (Phi) is 7.75. The van der Waals surface area contributed by atoms with Gasteiger partial charge >= 0.3 is 0 Å². The van der Waals surface area contributed by atoms with E-state index in [2.05, 4.69) is 41.3 Å². The lowest BCUT2D eigenvalue weighted by Crippen LogP contribution is -2.51. The Morgan fingerprint density at radius 3 is 2.69 bits per heavy atom. The first kappa shape index (κ1) is 20.6. The molecule has 0 aromatic heterocycles. The third kappa shape index (κ3) is 6.86. The highest BCUT2D eigenvalue weighted by Gasteiger charge is 2.28. The van der Waals surface area contributed by atoms with E-state index in [0.717, 1.165) is 36.9 Å². The van der Waals surface area contributed by atoms with Crippen LogP contribution < -0.4 is 10.6 Å². The Morgan fingerprint density at radius 2 is 2.04 bits per heavy atom. The van der Waals surface area contributed by atoms with Crippen molar-refractivity contribution in [2.75, 3.05) is 38.5 Å². The molecule has 2 rings (SSSR count). The van der Waals surface area contributed by atoms with E-state index in [-0.39, 0.29) is 22.9 Å². The Labute approximate surface area is 159 Å². The molecule has 1 aliphatic heterocycles. The van der Waals surface area contributed by atoms with Crippen LogP contribution >= 0.6 is 11.8 Å². The monoisotopic (exact) mass is 380 g/mol. The summed E-state index contributed by atoms with van der Waals surface area (Å²) in [6.45, 7) is 10.3. The highest BCUT2D eigenvalue weighted by atomic mass is 32.2. The van der Waals surface area contributed by atoms with Gasteiger partial charge in [0.05, 0.1) is 13.0 Å². The van der Waals surface area contributed by atoms with Crippen LogP contribution in [0.2, 0.25) is 0 Å². The Morgan fingerprint density at radius 1 is 1.31 bits per heavy atom. The number of guanidine groups is 1. The number of hydrogen-bond donors (Lipinski definition) is 2. The van der Waals surface area contributed by atoms with Gasteiger partial charge < -0.3 is 15.5 Å². The number of nitrogens with zero attached hydrogens (tertiary/aromatic N) is 2. The van der Waals surface area contributed by atoms with Crippen LogP contribution in [0.3, 0.4) is 0 Å².